The Morgan fingerprint density at radius 2 is 1.92 bits per heavy atom. The van der Waals surface area contributed by atoms with Gasteiger partial charge in [0.25, 0.3) is 0 Å². The van der Waals surface area contributed by atoms with E-state index >= 15 is 0 Å². The van der Waals surface area contributed by atoms with Crippen molar-refractivity contribution in [3.05, 3.63) is 34.3 Å². The molecule has 0 saturated heterocycles. The summed E-state index contributed by atoms with van der Waals surface area (Å²) in [4.78, 5) is 0. The number of rotatable bonds is 1. The minimum Gasteiger partial charge on any atom is -0.170 e. The SMILES string of the molecule is CC(c1cccc(Br)c1)C(F)(F)F. The highest BCUT2D eigenvalue weighted by atomic mass is 79.9. The van der Waals surface area contributed by atoms with Gasteiger partial charge in [-0.15, -0.1) is 0 Å². The lowest BCUT2D eigenvalue weighted by Crippen LogP contribution is -2.17. The molecule has 0 N–H and O–H groups in total. The van der Waals surface area contributed by atoms with Crippen LogP contribution in [0.3, 0.4) is 0 Å². The molecular weight excluding hydrogens is 245 g/mol. The summed E-state index contributed by atoms with van der Waals surface area (Å²) < 4.78 is 37.4. The van der Waals surface area contributed by atoms with Gasteiger partial charge in [0.15, 0.2) is 0 Å². The maximum absolute atomic E-state index is 12.3. The van der Waals surface area contributed by atoms with Crippen molar-refractivity contribution in [2.24, 2.45) is 0 Å². The van der Waals surface area contributed by atoms with Gasteiger partial charge in [-0.1, -0.05) is 28.1 Å². The molecule has 1 unspecified atom stereocenters. The molecule has 0 fully saturated rings. The Balaban J connectivity index is 2.96. The van der Waals surface area contributed by atoms with Crippen LogP contribution >= 0.6 is 15.9 Å². The highest BCUT2D eigenvalue weighted by molar-refractivity contribution is 9.10. The quantitative estimate of drug-likeness (QED) is 0.706. The second kappa shape index (κ2) is 3.70. The third-order valence-electron chi connectivity index (χ3n) is 1.84. The Hall–Kier alpha value is -0.510. The number of hydrogen-bond donors (Lipinski definition) is 0. The van der Waals surface area contributed by atoms with Gasteiger partial charge in [-0.2, -0.15) is 13.2 Å². The summed E-state index contributed by atoms with van der Waals surface area (Å²) in [6.07, 6.45) is -4.17. The topological polar surface area (TPSA) is 0 Å². The lowest BCUT2D eigenvalue weighted by atomic mass is 10.0. The van der Waals surface area contributed by atoms with Crippen molar-refractivity contribution in [2.75, 3.05) is 0 Å². The summed E-state index contributed by atoms with van der Waals surface area (Å²) in [5.74, 6) is -1.41. The van der Waals surface area contributed by atoms with E-state index in [1.54, 1.807) is 12.1 Å². The molecule has 0 aliphatic rings. The Morgan fingerprint density at radius 1 is 1.31 bits per heavy atom. The lowest BCUT2D eigenvalue weighted by Gasteiger charge is -2.15. The number of benzene rings is 1. The molecule has 4 heteroatoms. The molecule has 0 spiro atoms. The van der Waals surface area contributed by atoms with Gasteiger partial charge in [0.05, 0.1) is 5.92 Å². The lowest BCUT2D eigenvalue weighted by molar-refractivity contribution is -0.146. The maximum atomic E-state index is 12.3. The number of alkyl halides is 3. The Kier molecular flexibility index (Phi) is 3.01. The second-order valence-corrected chi connectivity index (χ2v) is 3.73. The van der Waals surface area contributed by atoms with E-state index in [-0.39, 0.29) is 5.56 Å². The van der Waals surface area contributed by atoms with E-state index in [1.807, 2.05) is 0 Å². The van der Waals surface area contributed by atoms with Gasteiger partial charge in [0.1, 0.15) is 0 Å². The first-order valence-corrected chi connectivity index (χ1v) is 4.52. The average molecular weight is 253 g/mol. The highest BCUT2D eigenvalue weighted by Crippen LogP contribution is 2.34. The number of halogens is 4. The van der Waals surface area contributed by atoms with E-state index < -0.39 is 12.1 Å². The largest absolute Gasteiger partial charge is 0.395 e. The smallest absolute Gasteiger partial charge is 0.170 e. The summed E-state index contributed by atoms with van der Waals surface area (Å²) in [6, 6.07) is 6.26. The van der Waals surface area contributed by atoms with Crippen LogP contribution in [0.5, 0.6) is 0 Å². The molecule has 0 heterocycles. The fourth-order valence-corrected chi connectivity index (χ4v) is 1.38. The molecule has 1 rings (SSSR count). The fourth-order valence-electron chi connectivity index (χ4n) is 0.965. The van der Waals surface area contributed by atoms with Crippen LogP contribution in [0.1, 0.15) is 18.4 Å². The van der Waals surface area contributed by atoms with Gasteiger partial charge < -0.3 is 0 Å². The van der Waals surface area contributed by atoms with Crippen LogP contribution in [0.15, 0.2) is 28.7 Å². The van der Waals surface area contributed by atoms with Crippen LogP contribution in [-0.4, -0.2) is 6.18 Å². The molecule has 0 amide bonds. The number of hydrogen-bond acceptors (Lipinski definition) is 0. The zero-order chi connectivity index (χ0) is 10.1. The van der Waals surface area contributed by atoms with Gasteiger partial charge in [-0.25, -0.2) is 0 Å². The van der Waals surface area contributed by atoms with Gasteiger partial charge >= 0.3 is 6.18 Å². The Bertz CT molecular complexity index is 293. The van der Waals surface area contributed by atoms with Crippen LogP contribution < -0.4 is 0 Å². The van der Waals surface area contributed by atoms with E-state index in [9.17, 15) is 13.2 Å². The Labute approximate surface area is 82.9 Å². The van der Waals surface area contributed by atoms with Crippen molar-refractivity contribution in [3.8, 4) is 0 Å². The highest BCUT2D eigenvalue weighted by Gasteiger charge is 2.36. The monoisotopic (exact) mass is 252 g/mol. The van der Waals surface area contributed by atoms with Gasteiger partial charge in [0, 0.05) is 4.47 Å². The predicted molar refractivity (Wildman–Crippen MR) is 48.6 cm³/mol. The standard InChI is InChI=1S/C9H8BrF3/c1-6(9(11,12)13)7-3-2-4-8(10)5-7/h2-6H,1H3. The van der Waals surface area contributed by atoms with E-state index in [0.29, 0.717) is 4.47 Å². The van der Waals surface area contributed by atoms with Crippen LogP contribution in [0.4, 0.5) is 13.2 Å². The molecule has 0 bridgehead atoms. The minimum absolute atomic E-state index is 0.280. The zero-order valence-corrected chi connectivity index (χ0v) is 8.48. The van der Waals surface area contributed by atoms with Crippen LogP contribution in [0, 0.1) is 0 Å². The first-order chi connectivity index (χ1) is 5.91. The summed E-state index contributed by atoms with van der Waals surface area (Å²) in [7, 11) is 0. The molecule has 72 valence electrons. The minimum atomic E-state index is -4.17. The average Bonchev–Trinajstić information content (AvgIpc) is 2.01. The van der Waals surface area contributed by atoms with Crippen LogP contribution in [0.25, 0.3) is 0 Å². The first-order valence-electron chi connectivity index (χ1n) is 3.73. The summed E-state index contributed by atoms with van der Waals surface area (Å²) >= 11 is 3.13. The molecule has 0 aliphatic heterocycles. The summed E-state index contributed by atoms with van der Waals surface area (Å²) in [5.41, 5.74) is 0.280. The van der Waals surface area contributed by atoms with Crippen molar-refractivity contribution in [3.63, 3.8) is 0 Å². The molecule has 13 heavy (non-hydrogen) atoms. The first kappa shape index (κ1) is 10.6. The van der Waals surface area contributed by atoms with E-state index in [0.717, 1.165) is 6.92 Å². The molecule has 0 aliphatic carbocycles. The van der Waals surface area contributed by atoms with E-state index in [2.05, 4.69) is 15.9 Å². The van der Waals surface area contributed by atoms with Gasteiger partial charge in [-0.3, -0.25) is 0 Å². The maximum Gasteiger partial charge on any atom is 0.395 e. The Morgan fingerprint density at radius 3 is 2.38 bits per heavy atom. The van der Waals surface area contributed by atoms with Crippen LogP contribution in [-0.2, 0) is 0 Å². The normalized spacial score (nSPS) is 14.2. The molecule has 1 aromatic rings. The van der Waals surface area contributed by atoms with Crippen molar-refractivity contribution >= 4 is 15.9 Å². The van der Waals surface area contributed by atoms with Gasteiger partial charge in [0.2, 0.25) is 0 Å². The molecule has 0 saturated carbocycles. The third-order valence-corrected chi connectivity index (χ3v) is 2.33. The molecule has 1 aromatic carbocycles. The van der Waals surface area contributed by atoms with E-state index in [1.165, 1.54) is 12.1 Å². The van der Waals surface area contributed by atoms with Crippen molar-refractivity contribution in [1.29, 1.82) is 0 Å². The molecule has 1 atom stereocenters. The van der Waals surface area contributed by atoms with Crippen molar-refractivity contribution in [2.45, 2.75) is 19.0 Å². The third kappa shape index (κ3) is 2.72. The molecule has 0 nitrogen and oxygen atoms in total. The second-order valence-electron chi connectivity index (χ2n) is 2.82. The van der Waals surface area contributed by atoms with Crippen LogP contribution in [0.2, 0.25) is 0 Å². The molecular formula is C9H8BrF3. The fraction of sp³-hybridized carbons (Fsp3) is 0.333. The zero-order valence-electron chi connectivity index (χ0n) is 6.90. The summed E-state index contributed by atoms with van der Waals surface area (Å²) in [6.45, 7) is 1.15. The van der Waals surface area contributed by atoms with Gasteiger partial charge in [-0.05, 0) is 24.6 Å². The van der Waals surface area contributed by atoms with E-state index in [4.69, 9.17) is 0 Å². The van der Waals surface area contributed by atoms with Crippen molar-refractivity contribution in [1.82, 2.24) is 0 Å². The summed E-state index contributed by atoms with van der Waals surface area (Å²) in [5, 5.41) is 0. The predicted octanol–water partition coefficient (Wildman–Crippen LogP) is 4.11. The van der Waals surface area contributed by atoms with Crippen molar-refractivity contribution < 1.29 is 13.2 Å². The molecule has 0 aromatic heterocycles. The molecule has 0 radical (unpaired) electrons.